The second-order valence-corrected chi connectivity index (χ2v) is 5.36. The Bertz CT molecular complexity index is 410. The predicted octanol–water partition coefficient (Wildman–Crippen LogP) is 3.30. The molecule has 0 N–H and O–H groups in total. The minimum absolute atomic E-state index is 0.197. The molecule has 92 valence electrons. The van der Waals surface area contributed by atoms with E-state index in [1.54, 1.807) is 0 Å². The normalized spacial score (nSPS) is 19.7. The smallest absolute Gasteiger partial charge is 0.254 e. The van der Waals surface area contributed by atoms with Crippen LogP contribution < -0.4 is 0 Å². The molecule has 1 amide bonds. The monoisotopic (exact) mass is 295 g/mol. The van der Waals surface area contributed by atoms with Crippen LogP contribution in [0.15, 0.2) is 18.2 Å². The number of hydrogen-bond donors (Lipinski definition) is 0. The van der Waals surface area contributed by atoms with Crippen molar-refractivity contribution in [3.63, 3.8) is 0 Å². The number of alkyl halides is 1. The summed E-state index contributed by atoms with van der Waals surface area (Å²) in [4.78, 5) is 14.6. The van der Waals surface area contributed by atoms with Crippen LogP contribution in [0, 0.1) is 13.8 Å². The molecule has 1 aromatic carbocycles. The van der Waals surface area contributed by atoms with Crippen LogP contribution in [-0.4, -0.2) is 28.7 Å². The lowest BCUT2D eigenvalue weighted by atomic mass is 10.0. The van der Waals surface area contributed by atoms with E-state index >= 15 is 0 Å². The maximum absolute atomic E-state index is 12.6. The molecule has 1 atom stereocenters. The largest absolute Gasteiger partial charge is 0.335 e. The minimum Gasteiger partial charge on any atom is -0.335 e. The Morgan fingerprint density at radius 3 is 2.65 bits per heavy atom. The Hall–Kier alpha value is -0.830. The number of aryl methyl sites for hydroxylation is 2. The molecule has 1 saturated heterocycles. The molecule has 0 aliphatic carbocycles. The summed E-state index contributed by atoms with van der Waals surface area (Å²) in [6, 6.07) is 6.40. The van der Waals surface area contributed by atoms with Crippen LogP contribution in [0.5, 0.6) is 0 Å². The number of halogens is 1. The highest BCUT2D eigenvalue weighted by Crippen LogP contribution is 2.24. The third-order valence-electron chi connectivity index (χ3n) is 3.51. The molecule has 2 rings (SSSR count). The van der Waals surface area contributed by atoms with Crippen LogP contribution >= 0.6 is 15.9 Å². The van der Waals surface area contributed by atoms with E-state index in [0.717, 1.165) is 41.4 Å². The Morgan fingerprint density at radius 1 is 1.41 bits per heavy atom. The van der Waals surface area contributed by atoms with Gasteiger partial charge in [-0.2, -0.15) is 0 Å². The number of nitrogens with zero attached hydrogens (tertiary/aromatic N) is 1. The van der Waals surface area contributed by atoms with Gasteiger partial charge in [-0.25, -0.2) is 0 Å². The number of rotatable bonds is 2. The molecule has 0 aromatic heterocycles. The number of carbonyl (C=O) groups is 1. The fourth-order valence-electron chi connectivity index (χ4n) is 2.56. The van der Waals surface area contributed by atoms with Gasteiger partial charge in [-0.1, -0.05) is 34.1 Å². The first kappa shape index (κ1) is 12.6. The quantitative estimate of drug-likeness (QED) is 0.767. The topological polar surface area (TPSA) is 20.3 Å². The third-order valence-corrected chi connectivity index (χ3v) is 4.26. The van der Waals surface area contributed by atoms with Crippen LogP contribution in [0.3, 0.4) is 0 Å². The molecule has 0 saturated carbocycles. The van der Waals surface area contributed by atoms with Crippen molar-refractivity contribution in [1.82, 2.24) is 4.90 Å². The van der Waals surface area contributed by atoms with Crippen LogP contribution in [0.4, 0.5) is 0 Å². The van der Waals surface area contributed by atoms with Gasteiger partial charge in [-0.15, -0.1) is 0 Å². The molecule has 17 heavy (non-hydrogen) atoms. The van der Waals surface area contributed by atoms with Crippen molar-refractivity contribution >= 4 is 21.8 Å². The molecule has 1 fully saturated rings. The van der Waals surface area contributed by atoms with Crippen molar-refractivity contribution in [3.05, 3.63) is 34.9 Å². The van der Waals surface area contributed by atoms with Gasteiger partial charge in [0.05, 0.1) is 0 Å². The Balaban J connectivity index is 2.31. The van der Waals surface area contributed by atoms with E-state index in [1.807, 2.05) is 36.9 Å². The van der Waals surface area contributed by atoms with Crippen molar-refractivity contribution in [2.45, 2.75) is 32.7 Å². The van der Waals surface area contributed by atoms with E-state index in [-0.39, 0.29) is 5.91 Å². The summed E-state index contributed by atoms with van der Waals surface area (Å²) in [6.07, 6.45) is 2.23. The lowest BCUT2D eigenvalue weighted by Crippen LogP contribution is -2.37. The van der Waals surface area contributed by atoms with Gasteiger partial charge in [0, 0.05) is 23.5 Å². The molecule has 1 aliphatic heterocycles. The summed E-state index contributed by atoms with van der Waals surface area (Å²) in [5.74, 6) is 0.197. The van der Waals surface area contributed by atoms with Gasteiger partial charge >= 0.3 is 0 Å². The van der Waals surface area contributed by atoms with Gasteiger partial charge < -0.3 is 4.90 Å². The lowest BCUT2D eigenvalue weighted by Gasteiger charge is -2.24. The predicted molar refractivity (Wildman–Crippen MR) is 73.8 cm³/mol. The average molecular weight is 296 g/mol. The first-order valence-corrected chi connectivity index (χ1v) is 7.20. The molecule has 1 unspecified atom stereocenters. The molecular weight excluding hydrogens is 278 g/mol. The Kier molecular flexibility index (Phi) is 3.87. The second-order valence-electron chi connectivity index (χ2n) is 4.72. The van der Waals surface area contributed by atoms with E-state index in [0.29, 0.717) is 6.04 Å². The molecule has 3 heteroatoms. The summed E-state index contributed by atoms with van der Waals surface area (Å²) in [6.45, 7) is 4.92. The number of amides is 1. The third kappa shape index (κ3) is 2.39. The average Bonchev–Trinajstić information content (AvgIpc) is 2.76. The maximum atomic E-state index is 12.6. The maximum Gasteiger partial charge on any atom is 0.254 e. The standard InChI is InChI=1S/C14H18BrNO/c1-10-5-3-6-11(2)13(10)14(17)16-8-4-7-12(16)9-15/h3,5-6,12H,4,7-9H2,1-2H3. The molecule has 0 radical (unpaired) electrons. The molecular formula is C14H18BrNO. The highest BCUT2D eigenvalue weighted by molar-refractivity contribution is 9.09. The summed E-state index contributed by atoms with van der Waals surface area (Å²) in [5, 5.41) is 0.879. The van der Waals surface area contributed by atoms with E-state index < -0.39 is 0 Å². The zero-order valence-electron chi connectivity index (χ0n) is 10.4. The molecule has 2 nitrogen and oxygen atoms in total. The summed E-state index contributed by atoms with van der Waals surface area (Å²) >= 11 is 3.50. The molecule has 1 heterocycles. The van der Waals surface area contributed by atoms with Crippen LogP contribution in [-0.2, 0) is 0 Å². The van der Waals surface area contributed by atoms with Crippen molar-refractivity contribution in [2.24, 2.45) is 0 Å². The van der Waals surface area contributed by atoms with E-state index in [2.05, 4.69) is 15.9 Å². The highest BCUT2D eigenvalue weighted by atomic mass is 79.9. The van der Waals surface area contributed by atoms with Crippen molar-refractivity contribution in [2.75, 3.05) is 11.9 Å². The molecule has 0 spiro atoms. The van der Waals surface area contributed by atoms with E-state index in [1.165, 1.54) is 0 Å². The number of carbonyl (C=O) groups excluding carboxylic acids is 1. The SMILES string of the molecule is Cc1cccc(C)c1C(=O)N1CCCC1CBr. The highest BCUT2D eigenvalue weighted by Gasteiger charge is 2.29. The number of benzene rings is 1. The number of likely N-dealkylation sites (tertiary alicyclic amines) is 1. The first-order valence-electron chi connectivity index (χ1n) is 6.08. The Labute approximate surface area is 111 Å². The first-order chi connectivity index (χ1) is 8.15. The summed E-state index contributed by atoms with van der Waals surface area (Å²) in [5.41, 5.74) is 3.05. The van der Waals surface area contributed by atoms with Gasteiger partial charge in [0.15, 0.2) is 0 Å². The van der Waals surface area contributed by atoms with E-state index in [9.17, 15) is 4.79 Å². The molecule has 1 aromatic rings. The van der Waals surface area contributed by atoms with Gasteiger partial charge in [0.25, 0.3) is 5.91 Å². The fraction of sp³-hybridized carbons (Fsp3) is 0.500. The number of hydrogen-bond acceptors (Lipinski definition) is 1. The zero-order chi connectivity index (χ0) is 12.4. The zero-order valence-corrected chi connectivity index (χ0v) is 12.0. The van der Waals surface area contributed by atoms with Gasteiger partial charge in [0.1, 0.15) is 0 Å². The minimum atomic E-state index is 0.197. The molecule has 0 bridgehead atoms. The van der Waals surface area contributed by atoms with Crippen molar-refractivity contribution in [1.29, 1.82) is 0 Å². The van der Waals surface area contributed by atoms with Gasteiger partial charge in [-0.3, -0.25) is 4.79 Å². The van der Waals surface area contributed by atoms with Gasteiger partial charge in [-0.05, 0) is 37.8 Å². The van der Waals surface area contributed by atoms with E-state index in [4.69, 9.17) is 0 Å². The second kappa shape index (κ2) is 5.21. The lowest BCUT2D eigenvalue weighted by molar-refractivity contribution is 0.0749. The van der Waals surface area contributed by atoms with Crippen LogP contribution in [0.25, 0.3) is 0 Å². The summed E-state index contributed by atoms with van der Waals surface area (Å²) < 4.78 is 0. The van der Waals surface area contributed by atoms with Crippen molar-refractivity contribution in [3.8, 4) is 0 Å². The van der Waals surface area contributed by atoms with Crippen molar-refractivity contribution < 1.29 is 4.79 Å². The summed E-state index contributed by atoms with van der Waals surface area (Å²) in [7, 11) is 0. The Morgan fingerprint density at radius 2 is 2.06 bits per heavy atom. The van der Waals surface area contributed by atoms with Crippen LogP contribution in [0.1, 0.15) is 34.3 Å². The van der Waals surface area contributed by atoms with Crippen LogP contribution in [0.2, 0.25) is 0 Å². The molecule has 1 aliphatic rings. The van der Waals surface area contributed by atoms with Gasteiger partial charge in [0.2, 0.25) is 0 Å². The fourth-order valence-corrected chi connectivity index (χ4v) is 3.23.